The molecule has 11 heteroatoms. The number of hydrogen-bond acceptors (Lipinski definition) is 7. The highest BCUT2D eigenvalue weighted by molar-refractivity contribution is 8.00. The average Bonchev–Trinajstić information content (AvgIpc) is 3.41. The predicted octanol–water partition coefficient (Wildman–Crippen LogP) is 5.31. The van der Waals surface area contributed by atoms with Crippen molar-refractivity contribution in [2.45, 2.75) is 29.7 Å². The molecule has 0 bridgehead atoms. The van der Waals surface area contributed by atoms with Crippen molar-refractivity contribution in [3.63, 3.8) is 0 Å². The van der Waals surface area contributed by atoms with Gasteiger partial charge in [-0.2, -0.15) is 0 Å². The molecule has 2 aliphatic heterocycles. The van der Waals surface area contributed by atoms with Gasteiger partial charge in [0.05, 0.1) is 23.7 Å². The maximum atomic E-state index is 14.0. The molecule has 0 radical (unpaired) electrons. The summed E-state index contributed by atoms with van der Waals surface area (Å²) < 4.78 is 6.63. The lowest BCUT2D eigenvalue weighted by atomic mass is 9.83. The summed E-state index contributed by atoms with van der Waals surface area (Å²) in [6.45, 7) is 1.73. The van der Waals surface area contributed by atoms with Gasteiger partial charge in [0.15, 0.2) is 0 Å². The van der Waals surface area contributed by atoms with Crippen LogP contribution in [0.2, 0.25) is 5.02 Å². The fraction of sp³-hybridized carbons (Fsp3) is 0.200. The first-order valence-electron chi connectivity index (χ1n) is 12.8. The highest BCUT2D eigenvalue weighted by Gasteiger charge is 2.56. The summed E-state index contributed by atoms with van der Waals surface area (Å²) in [6.07, 6.45) is 0. The largest absolute Gasteiger partial charge is 0.497 e. The molecule has 3 heterocycles. The number of carbonyl (C=O) groups excluding carboxylic acids is 3. The number of nitrogens with zero attached hydrogens (tertiary/aromatic N) is 2. The molecule has 1 N–H and O–H groups in total. The number of nitrogens with one attached hydrogen (secondary N) is 1. The monoisotopic (exact) mass is 605 g/mol. The van der Waals surface area contributed by atoms with Crippen LogP contribution in [-0.4, -0.2) is 34.6 Å². The van der Waals surface area contributed by atoms with E-state index >= 15 is 0 Å². The zero-order valence-electron chi connectivity index (χ0n) is 22.0. The van der Waals surface area contributed by atoms with Crippen molar-refractivity contribution in [1.29, 1.82) is 0 Å². The first kappa shape index (κ1) is 27.3. The van der Waals surface area contributed by atoms with Crippen molar-refractivity contribution in [2.24, 2.45) is 5.92 Å². The Hall–Kier alpha value is -3.86. The number of aryl methyl sites for hydroxylation is 1. The van der Waals surface area contributed by atoms with E-state index in [0.717, 1.165) is 22.5 Å². The zero-order valence-corrected chi connectivity index (χ0v) is 24.4. The van der Waals surface area contributed by atoms with Crippen LogP contribution in [0.3, 0.4) is 0 Å². The molecule has 0 aliphatic carbocycles. The Morgan fingerprint density at radius 1 is 0.951 bits per heavy atom. The van der Waals surface area contributed by atoms with E-state index in [2.05, 4.69) is 5.32 Å². The predicted molar refractivity (Wildman–Crippen MR) is 160 cm³/mol. The number of thiazole rings is 1. The number of amides is 3. The van der Waals surface area contributed by atoms with Gasteiger partial charge >= 0.3 is 4.87 Å². The van der Waals surface area contributed by atoms with Gasteiger partial charge in [0.1, 0.15) is 17.5 Å². The Morgan fingerprint density at radius 3 is 2.29 bits per heavy atom. The molecule has 2 aliphatic rings. The number of ether oxygens (including phenoxy) is 1. The summed E-state index contributed by atoms with van der Waals surface area (Å²) >= 11 is 8.34. The summed E-state index contributed by atoms with van der Waals surface area (Å²) in [7, 11) is 1.54. The molecule has 0 spiro atoms. The lowest BCUT2D eigenvalue weighted by Crippen LogP contribution is -2.33. The fourth-order valence-corrected chi connectivity index (χ4v) is 8.15. The van der Waals surface area contributed by atoms with E-state index in [1.807, 2.05) is 31.2 Å². The number of rotatable bonds is 6. The minimum atomic E-state index is -0.779. The van der Waals surface area contributed by atoms with Gasteiger partial charge in [-0.1, -0.05) is 64.5 Å². The molecule has 1 saturated heterocycles. The van der Waals surface area contributed by atoms with E-state index in [4.69, 9.17) is 16.3 Å². The van der Waals surface area contributed by atoms with Crippen LogP contribution in [0.4, 0.5) is 11.4 Å². The third-order valence-electron chi connectivity index (χ3n) is 7.25. The lowest BCUT2D eigenvalue weighted by molar-refractivity contribution is -0.122. The maximum Gasteiger partial charge on any atom is 0.308 e. The Kier molecular flexibility index (Phi) is 7.23. The SMILES string of the molecule is COc1ccc(N2C(=O)[C@H]3[C@H](c4ccc(Cl)cc4)c4sc(=O)n(CC(=O)Nc5ccc(C)cc5)c4S[C@H]3C2=O)cc1. The van der Waals surface area contributed by atoms with Gasteiger partial charge in [-0.25, -0.2) is 4.90 Å². The molecular formula is C30H24ClN3O5S2. The molecule has 4 aromatic rings. The number of halogens is 1. The molecule has 6 rings (SSSR count). The normalized spacial score (nSPS) is 19.6. The Bertz CT molecular complexity index is 1720. The molecule has 8 nitrogen and oxygen atoms in total. The number of thioether (sulfide) groups is 1. The quantitative estimate of drug-likeness (QED) is 0.299. The first-order valence-corrected chi connectivity index (χ1v) is 14.9. The van der Waals surface area contributed by atoms with Crippen molar-refractivity contribution in [2.75, 3.05) is 17.3 Å². The third-order valence-corrected chi connectivity index (χ3v) is 10.1. The number of anilines is 2. The molecule has 0 unspecified atom stereocenters. The van der Waals surface area contributed by atoms with Gasteiger partial charge in [-0.3, -0.25) is 23.7 Å². The number of methoxy groups -OCH3 is 1. The van der Waals surface area contributed by atoms with E-state index in [1.54, 1.807) is 55.6 Å². The van der Waals surface area contributed by atoms with Crippen LogP contribution >= 0.6 is 34.7 Å². The van der Waals surface area contributed by atoms with E-state index in [1.165, 1.54) is 21.2 Å². The molecule has 3 atom stereocenters. The minimum absolute atomic E-state index is 0.222. The van der Waals surface area contributed by atoms with E-state index in [-0.39, 0.29) is 29.1 Å². The van der Waals surface area contributed by atoms with Crippen LogP contribution in [0, 0.1) is 12.8 Å². The van der Waals surface area contributed by atoms with Crippen molar-refractivity contribution in [3.05, 3.63) is 103 Å². The summed E-state index contributed by atoms with van der Waals surface area (Å²) in [4.78, 5) is 55.6. The van der Waals surface area contributed by atoms with Crippen LogP contribution in [0.5, 0.6) is 5.75 Å². The van der Waals surface area contributed by atoms with Gasteiger partial charge in [0.25, 0.3) is 0 Å². The molecule has 0 saturated carbocycles. The van der Waals surface area contributed by atoms with E-state index < -0.39 is 17.1 Å². The van der Waals surface area contributed by atoms with Gasteiger partial charge in [-0.05, 0) is 61.0 Å². The topological polar surface area (TPSA) is 97.7 Å². The fourth-order valence-electron chi connectivity index (χ4n) is 5.25. The average molecular weight is 606 g/mol. The number of benzene rings is 3. The highest BCUT2D eigenvalue weighted by Crippen LogP contribution is 2.54. The van der Waals surface area contributed by atoms with Crippen molar-refractivity contribution >= 4 is 63.8 Å². The van der Waals surface area contributed by atoms with Gasteiger partial charge in [0, 0.05) is 21.5 Å². The molecule has 3 aromatic carbocycles. The second-order valence-corrected chi connectivity index (χ2v) is 12.4. The van der Waals surface area contributed by atoms with Crippen molar-refractivity contribution < 1.29 is 19.1 Å². The minimum Gasteiger partial charge on any atom is -0.497 e. The smallest absolute Gasteiger partial charge is 0.308 e. The van der Waals surface area contributed by atoms with E-state index in [0.29, 0.717) is 32.1 Å². The molecule has 3 amide bonds. The Labute approximate surface area is 248 Å². The van der Waals surface area contributed by atoms with Crippen molar-refractivity contribution in [1.82, 2.24) is 4.57 Å². The second kappa shape index (κ2) is 10.8. The summed E-state index contributed by atoms with van der Waals surface area (Å²) in [5, 5.41) is 3.11. The number of imide groups is 1. The standard InChI is InChI=1S/C30H24ClN3O5S2/c1-16-3-9-19(10-4-16)32-22(35)15-33-29-26(41-30(33)38)23(17-5-7-18(31)8-6-17)24-25(40-29)28(37)34(27(24)36)20-11-13-21(39-2)14-12-20/h3-14,23-25H,15H2,1-2H3,(H,32,35)/t23-,24-,25+/m0/s1. The van der Waals surface area contributed by atoms with E-state index in [9.17, 15) is 19.2 Å². The number of carbonyl (C=O) groups is 3. The third kappa shape index (κ3) is 4.96. The molecule has 208 valence electrons. The van der Waals surface area contributed by atoms with Gasteiger partial charge in [0.2, 0.25) is 17.7 Å². The molecule has 41 heavy (non-hydrogen) atoms. The number of fused-ring (bicyclic) bond motifs is 2. The maximum absolute atomic E-state index is 14.0. The molecule has 1 fully saturated rings. The zero-order chi connectivity index (χ0) is 28.8. The van der Waals surface area contributed by atoms with Crippen LogP contribution in [0.15, 0.2) is 82.6 Å². The van der Waals surface area contributed by atoms with Crippen LogP contribution in [0.1, 0.15) is 21.9 Å². The second-order valence-electron chi connectivity index (χ2n) is 9.84. The Balaban J connectivity index is 1.39. The van der Waals surface area contributed by atoms with Crippen LogP contribution < -0.4 is 19.8 Å². The highest BCUT2D eigenvalue weighted by atomic mass is 35.5. The number of aromatic nitrogens is 1. The lowest BCUT2D eigenvalue weighted by Gasteiger charge is -2.30. The summed E-state index contributed by atoms with van der Waals surface area (Å²) in [5.74, 6) is -1.77. The molecular weight excluding hydrogens is 582 g/mol. The van der Waals surface area contributed by atoms with Crippen LogP contribution in [-0.2, 0) is 20.9 Å². The summed E-state index contributed by atoms with van der Waals surface area (Å²) in [6, 6.07) is 21.2. The van der Waals surface area contributed by atoms with Gasteiger partial charge < -0.3 is 10.1 Å². The van der Waals surface area contributed by atoms with Crippen LogP contribution in [0.25, 0.3) is 0 Å². The summed E-state index contributed by atoms with van der Waals surface area (Å²) in [5.41, 5.74) is 2.89. The molecule has 1 aromatic heterocycles. The van der Waals surface area contributed by atoms with Gasteiger partial charge in [-0.15, -0.1) is 0 Å². The number of hydrogen-bond donors (Lipinski definition) is 1. The van der Waals surface area contributed by atoms with Crippen molar-refractivity contribution in [3.8, 4) is 5.75 Å². The Morgan fingerprint density at radius 2 is 1.63 bits per heavy atom. The first-order chi connectivity index (χ1) is 19.7.